The first-order valence-corrected chi connectivity index (χ1v) is 9.66. The molecule has 0 aromatic carbocycles. The Hall–Kier alpha value is 0.267. The van der Waals surface area contributed by atoms with Gasteiger partial charge in [-0.25, -0.2) is 0 Å². The minimum Gasteiger partial charge on any atom is -0.382 e. The third-order valence-corrected chi connectivity index (χ3v) is 5.86. The molecule has 0 aliphatic carbocycles. The van der Waals surface area contributed by atoms with E-state index in [4.69, 9.17) is 39.1 Å². The SMILES string of the molecule is COCCO[Si](CCCCCl)(OCCOC)OCCOC. The predicted octanol–water partition coefficient (Wildman–Crippen LogP) is 1.93. The molecule has 0 saturated carbocycles. The van der Waals surface area contributed by atoms with Gasteiger partial charge in [-0.3, -0.25) is 0 Å². The van der Waals surface area contributed by atoms with Crippen LogP contribution in [-0.2, 0) is 27.5 Å². The Balaban J connectivity index is 4.52. The Morgan fingerprint density at radius 3 is 1.43 bits per heavy atom. The van der Waals surface area contributed by atoms with Crippen LogP contribution in [0.15, 0.2) is 0 Å². The summed E-state index contributed by atoms with van der Waals surface area (Å²) in [5.74, 6) is 0.624. The molecule has 0 aliphatic heterocycles. The number of unbranched alkanes of at least 4 members (excludes halogenated alkanes) is 1. The Morgan fingerprint density at radius 1 is 0.667 bits per heavy atom. The van der Waals surface area contributed by atoms with Crippen molar-refractivity contribution in [1.82, 2.24) is 0 Å². The number of rotatable bonds is 16. The van der Waals surface area contributed by atoms with E-state index in [1.165, 1.54) is 0 Å². The zero-order chi connectivity index (χ0) is 15.8. The van der Waals surface area contributed by atoms with Gasteiger partial charge in [-0.2, -0.15) is 0 Å². The minimum atomic E-state index is -2.74. The van der Waals surface area contributed by atoms with Gasteiger partial charge < -0.3 is 27.5 Å². The van der Waals surface area contributed by atoms with Crippen LogP contribution in [0.4, 0.5) is 0 Å². The molecule has 0 spiro atoms. The van der Waals surface area contributed by atoms with Gasteiger partial charge in [0.2, 0.25) is 0 Å². The minimum absolute atomic E-state index is 0.448. The molecular weight excluding hydrogens is 316 g/mol. The topological polar surface area (TPSA) is 55.4 Å². The Kier molecular flexibility index (Phi) is 15.4. The molecule has 0 unspecified atom stereocenters. The van der Waals surface area contributed by atoms with Gasteiger partial charge in [0.25, 0.3) is 0 Å². The third kappa shape index (κ3) is 11.5. The summed E-state index contributed by atoms with van der Waals surface area (Å²) in [7, 11) is 2.17. The van der Waals surface area contributed by atoms with Gasteiger partial charge in [0.15, 0.2) is 0 Å². The maximum atomic E-state index is 5.93. The zero-order valence-electron chi connectivity index (χ0n) is 13.4. The number of hydrogen-bond donors (Lipinski definition) is 0. The van der Waals surface area contributed by atoms with E-state index in [0.717, 1.165) is 18.9 Å². The molecule has 0 rings (SSSR count). The Labute approximate surface area is 134 Å². The standard InChI is InChI=1S/C13H29ClO6Si/c1-15-7-10-18-21(13-5-4-6-14,19-11-8-16-2)20-12-9-17-3/h4-13H2,1-3H3. The molecule has 0 amide bonds. The maximum Gasteiger partial charge on any atom is 0.501 e. The molecule has 6 nitrogen and oxygen atoms in total. The lowest BCUT2D eigenvalue weighted by Gasteiger charge is -2.29. The summed E-state index contributed by atoms with van der Waals surface area (Å²) in [6, 6.07) is 0.733. The van der Waals surface area contributed by atoms with Crippen LogP contribution >= 0.6 is 11.6 Å². The molecule has 0 N–H and O–H groups in total. The monoisotopic (exact) mass is 344 g/mol. The fourth-order valence-corrected chi connectivity index (χ4v) is 4.36. The summed E-state index contributed by atoms with van der Waals surface area (Å²) >= 11 is 5.74. The Morgan fingerprint density at radius 2 is 1.10 bits per heavy atom. The smallest absolute Gasteiger partial charge is 0.382 e. The highest BCUT2D eigenvalue weighted by molar-refractivity contribution is 6.60. The lowest BCUT2D eigenvalue weighted by molar-refractivity contribution is 0.0143. The van der Waals surface area contributed by atoms with E-state index in [-0.39, 0.29) is 0 Å². The van der Waals surface area contributed by atoms with Gasteiger partial charge in [-0.05, 0) is 12.8 Å². The van der Waals surface area contributed by atoms with Crippen molar-refractivity contribution in [2.45, 2.75) is 18.9 Å². The zero-order valence-corrected chi connectivity index (χ0v) is 15.2. The molecular formula is C13H29ClO6Si. The molecule has 8 heteroatoms. The van der Waals surface area contributed by atoms with Gasteiger partial charge in [0.05, 0.1) is 39.6 Å². The molecule has 0 saturated heterocycles. The number of alkyl halides is 1. The third-order valence-electron chi connectivity index (χ3n) is 2.69. The molecule has 0 aromatic rings. The molecule has 0 aliphatic rings. The number of halogens is 1. The fraction of sp³-hybridized carbons (Fsp3) is 1.00. The van der Waals surface area contributed by atoms with Crippen LogP contribution in [0.5, 0.6) is 0 Å². The van der Waals surface area contributed by atoms with Crippen molar-refractivity contribution in [3.8, 4) is 0 Å². The van der Waals surface area contributed by atoms with E-state index in [1.54, 1.807) is 21.3 Å². The van der Waals surface area contributed by atoms with E-state index in [0.29, 0.717) is 45.5 Å². The quantitative estimate of drug-likeness (QED) is 0.242. The largest absolute Gasteiger partial charge is 0.501 e. The molecule has 0 heterocycles. The van der Waals surface area contributed by atoms with Crippen molar-refractivity contribution in [2.24, 2.45) is 0 Å². The maximum absolute atomic E-state index is 5.93. The van der Waals surface area contributed by atoms with E-state index in [2.05, 4.69) is 0 Å². The van der Waals surface area contributed by atoms with Gasteiger partial charge in [-0.15, -0.1) is 11.6 Å². The van der Waals surface area contributed by atoms with E-state index in [9.17, 15) is 0 Å². The first-order valence-electron chi connectivity index (χ1n) is 7.19. The molecule has 0 atom stereocenters. The van der Waals surface area contributed by atoms with Gasteiger partial charge in [0, 0.05) is 33.3 Å². The summed E-state index contributed by atoms with van der Waals surface area (Å²) in [6.45, 7) is 2.86. The molecule has 21 heavy (non-hydrogen) atoms. The van der Waals surface area contributed by atoms with Gasteiger partial charge in [0.1, 0.15) is 0 Å². The summed E-state index contributed by atoms with van der Waals surface area (Å²) in [6.07, 6.45) is 1.81. The van der Waals surface area contributed by atoms with Crippen LogP contribution in [0.3, 0.4) is 0 Å². The fourth-order valence-electron chi connectivity index (χ4n) is 1.62. The average molecular weight is 345 g/mol. The average Bonchev–Trinajstić information content (AvgIpc) is 2.48. The highest BCUT2D eigenvalue weighted by Crippen LogP contribution is 2.19. The second-order valence-corrected chi connectivity index (χ2v) is 7.46. The number of hydrogen-bond acceptors (Lipinski definition) is 6. The summed E-state index contributed by atoms with van der Waals surface area (Å²) in [5, 5.41) is 0. The van der Waals surface area contributed by atoms with Crippen molar-refractivity contribution in [3.05, 3.63) is 0 Å². The van der Waals surface area contributed by atoms with Crippen molar-refractivity contribution >= 4 is 20.4 Å². The summed E-state index contributed by atoms with van der Waals surface area (Å²) in [4.78, 5) is 0. The van der Waals surface area contributed by atoms with Crippen LogP contribution in [0.2, 0.25) is 6.04 Å². The van der Waals surface area contributed by atoms with Crippen LogP contribution in [0, 0.1) is 0 Å². The van der Waals surface area contributed by atoms with Gasteiger partial charge >= 0.3 is 8.80 Å². The summed E-state index contributed by atoms with van der Waals surface area (Å²) < 4.78 is 32.9. The van der Waals surface area contributed by atoms with Crippen LogP contribution in [0.1, 0.15) is 12.8 Å². The summed E-state index contributed by atoms with van der Waals surface area (Å²) in [5.41, 5.74) is 0. The van der Waals surface area contributed by atoms with Crippen LogP contribution in [-0.4, -0.2) is 75.7 Å². The molecule has 128 valence electrons. The predicted molar refractivity (Wildman–Crippen MR) is 84.0 cm³/mol. The molecule has 0 aromatic heterocycles. The number of ether oxygens (including phenoxy) is 3. The van der Waals surface area contributed by atoms with E-state index >= 15 is 0 Å². The molecule has 0 radical (unpaired) electrons. The number of methoxy groups -OCH3 is 3. The van der Waals surface area contributed by atoms with Crippen molar-refractivity contribution in [2.75, 3.05) is 66.9 Å². The van der Waals surface area contributed by atoms with Crippen molar-refractivity contribution in [1.29, 1.82) is 0 Å². The van der Waals surface area contributed by atoms with Crippen molar-refractivity contribution in [3.63, 3.8) is 0 Å². The van der Waals surface area contributed by atoms with Gasteiger partial charge in [-0.1, -0.05) is 0 Å². The van der Waals surface area contributed by atoms with Crippen LogP contribution < -0.4 is 0 Å². The highest BCUT2D eigenvalue weighted by Gasteiger charge is 2.40. The second-order valence-electron chi connectivity index (χ2n) is 4.35. The molecule has 0 bridgehead atoms. The van der Waals surface area contributed by atoms with E-state index in [1.807, 2.05) is 0 Å². The second kappa shape index (κ2) is 15.2. The van der Waals surface area contributed by atoms with Crippen LogP contribution in [0.25, 0.3) is 0 Å². The first kappa shape index (κ1) is 21.3. The van der Waals surface area contributed by atoms with Crippen molar-refractivity contribution < 1.29 is 27.5 Å². The first-order chi connectivity index (χ1) is 10.2. The highest BCUT2D eigenvalue weighted by atomic mass is 35.5. The normalized spacial score (nSPS) is 12.0. The lowest BCUT2D eigenvalue weighted by Crippen LogP contribution is -2.48. The lowest BCUT2D eigenvalue weighted by atomic mass is 10.4. The molecule has 0 fully saturated rings. The Bertz CT molecular complexity index is 177. The van der Waals surface area contributed by atoms with E-state index < -0.39 is 8.80 Å².